The summed E-state index contributed by atoms with van der Waals surface area (Å²) >= 11 is 0. The van der Waals surface area contributed by atoms with Crippen LogP contribution in [-0.2, 0) is 30.2 Å². The minimum Gasteiger partial charge on any atom is -0.307 e. The van der Waals surface area contributed by atoms with Crippen LogP contribution in [0.5, 0.6) is 0 Å². The monoisotopic (exact) mass is 426 g/mol. The molecule has 3 nitrogen and oxygen atoms in total. The molecule has 0 aliphatic carbocycles. The Kier molecular flexibility index (Phi) is 8.38. The molecular formula is C26H35O3P. The average molecular weight is 427 g/mol. The molecule has 0 unspecified atom stereocenters. The van der Waals surface area contributed by atoms with Gasteiger partial charge in [0.25, 0.3) is 0 Å². The highest BCUT2D eigenvalue weighted by Crippen LogP contribution is 2.55. The number of benzene rings is 2. The summed E-state index contributed by atoms with van der Waals surface area (Å²) in [6.07, 6.45) is 2.76. The normalized spacial score (nSPS) is 11.7. The van der Waals surface area contributed by atoms with E-state index < -0.39 is 18.2 Å². The first kappa shape index (κ1) is 24.3. The summed E-state index contributed by atoms with van der Waals surface area (Å²) in [5, 5.41) is 0. The van der Waals surface area contributed by atoms with Crippen molar-refractivity contribution in [2.75, 3.05) is 6.16 Å². The molecule has 0 aliphatic rings. The maximum Gasteiger partial charge on any atom is 0.229 e. The number of carbonyl (C=O) groups is 2. The quantitative estimate of drug-likeness (QED) is 0.387. The molecule has 0 amide bonds. The lowest BCUT2D eigenvalue weighted by Crippen LogP contribution is -2.20. The number of rotatable bonds is 10. The van der Waals surface area contributed by atoms with Gasteiger partial charge in [-0.3, -0.25) is 9.59 Å². The zero-order valence-corrected chi connectivity index (χ0v) is 20.1. The van der Waals surface area contributed by atoms with Crippen molar-refractivity contribution in [2.24, 2.45) is 5.92 Å². The Morgan fingerprint density at radius 3 is 1.23 bits per heavy atom. The molecule has 0 saturated heterocycles. The summed E-state index contributed by atoms with van der Waals surface area (Å²) in [4.78, 5) is 27.8. The van der Waals surface area contributed by atoms with E-state index in [0.29, 0.717) is 36.8 Å². The van der Waals surface area contributed by atoms with Crippen LogP contribution < -0.4 is 0 Å². The van der Waals surface area contributed by atoms with Gasteiger partial charge in [0.05, 0.1) is 0 Å². The molecule has 2 rings (SSSR count). The Labute approximate surface area is 181 Å². The predicted molar refractivity (Wildman–Crippen MR) is 126 cm³/mol. The molecule has 0 atom stereocenters. The number of aryl methyl sites for hydroxylation is 4. The zero-order chi connectivity index (χ0) is 22.5. The van der Waals surface area contributed by atoms with Crippen LogP contribution in [-0.4, -0.2) is 17.2 Å². The van der Waals surface area contributed by atoms with Crippen molar-refractivity contribution in [1.82, 2.24) is 0 Å². The third-order valence-corrected chi connectivity index (χ3v) is 8.71. The van der Waals surface area contributed by atoms with Crippen molar-refractivity contribution in [2.45, 2.75) is 67.2 Å². The van der Waals surface area contributed by atoms with Crippen molar-refractivity contribution < 1.29 is 14.2 Å². The molecule has 0 N–H and O–H groups in total. The summed E-state index contributed by atoms with van der Waals surface area (Å²) in [5.74, 6) is -0.0264. The Bertz CT molecular complexity index is 856. The largest absolute Gasteiger partial charge is 0.307 e. The molecule has 30 heavy (non-hydrogen) atoms. The lowest BCUT2D eigenvalue weighted by Gasteiger charge is -2.23. The van der Waals surface area contributed by atoms with E-state index in [4.69, 9.17) is 0 Å². The first-order valence-corrected chi connectivity index (χ1v) is 13.0. The number of hydrogen-bond acceptors (Lipinski definition) is 3. The van der Waals surface area contributed by atoms with Gasteiger partial charge in [-0.25, -0.2) is 0 Å². The van der Waals surface area contributed by atoms with Gasteiger partial charge in [0, 0.05) is 17.3 Å². The van der Waals surface area contributed by atoms with Gasteiger partial charge >= 0.3 is 0 Å². The first-order valence-electron chi connectivity index (χ1n) is 11.1. The van der Waals surface area contributed by atoms with Gasteiger partial charge in [0.15, 0.2) is 0 Å². The summed E-state index contributed by atoms with van der Waals surface area (Å²) in [6, 6.07) is 11.5. The Hall–Kier alpha value is -1.99. The predicted octanol–water partition coefficient (Wildman–Crippen LogP) is 6.94. The van der Waals surface area contributed by atoms with Gasteiger partial charge in [0.2, 0.25) is 18.2 Å². The molecular weight excluding hydrogens is 391 g/mol. The van der Waals surface area contributed by atoms with Crippen molar-refractivity contribution in [3.63, 3.8) is 0 Å². The average Bonchev–Trinajstić information content (AvgIpc) is 2.75. The fourth-order valence-corrected chi connectivity index (χ4v) is 7.01. The second kappa shape index (κ2) is 10.4. The molecule has 2 aromatic carbocycles. The Morgan fingerprint density at radius 1 is 0.700 bits per heavy atom. The first-order chi connectivity index (χ1) is 14.2. The van der Waals surface area contributed by atoms with Crippen LogP contribution in [0.3, 0.4) is 0 Å². The molecule has 0 saturated carbocycles. The lowest BCUT2D eigenvalue weighted by molar-refractivity contribution is 0.103. The molecule has 4 heteroatoms. The van der Waals surface area contributed by atoms with Crippen molar-refractivity contribution in [1.29, 1.82) is 0 Å². The van der Waals surface area contributed by atoms with Gasteiger partial charge in [-0.1, -0.05) is 77.9 Å². The number of carbonyl (C=O) groups excluding carboxylic acids is 2. The highest BCUT2D eigenvalue weighted by atomic mass is 31.2. The van der Waals surface area contributed by atoms with Gasteiger partial charge in [-0.05, 0) is 53.9 Å². The molecule has 0 radical (unpaired) electrons. The van der Waals surface area contributed by atoms with Crippen LogP contribution in [0.4, 0.5) is 0 Å². The standard InChI is InChI=1S/C26H35O3P/c1-7-19-13-11-14-20(8-2)23(19)25(27)30(29,17-18(5)6)26(28)24-21(9-3)15-12-16-22(24)10-4/h11-16,18H,7-10,17H2,1-6H3. The zero-order valence-electron chi connectivity index (χ0n) is 19.2. The Morgan fingerprint density at radius 2 is 1.00 bits per heavy atom. The summed E-state index contributed by atoms with van der Waals surface area (Å²) in [5.41, 5.74) is 3.59. The van der Waals surface area contributed by atoms with Crippen molar-refractivity contribution >= 4 is 18.2 Å². The summed E-state index contributed by atoms with van der Waals surface area (Å²) in [6.45, 7) is 11.8. The highest BCUT2D eigenvalue weighted by molar-refractivity contribution is 7.95. The SMILES string of the molecule is CCc1cccc(CC)c1C(=O)P(=O)(CC(C)C)C(=O)c1c(CC)cccc1CC. The van der Waals surface area contributed by atoms with Crippen LogP contribution in [0, 0.1) is 5.92 Å². The van der Waals surface area contributed by atoms with E-state index >= 15 is 0 Å². The van der Waals surface area contributed by atoms with Crippen LogP contribution in [0.25, 0.3) is 0 Å². The maximum atomic E-state index is 14.4. The van der Waals surface area contributed by atoms with Crippen LogP contribution in [0.2, 0.25) is 0 Å². The van der Waals surface area contributed by atoms with Crippen LogP contribution >= 0.6 is 7.14 Å². The van der Waals surface area contributed by atoms with Crippen molar-refractivity contribution in [3.05, 3.63) is 69.8 Å². The van der Waals surface area contributed by atoms with E-state index in [0.717, 1.165) is 22.3 Å². The maximum absolute atomic E-state index is 14.4. The van der Waals surface area contributed by atoms with Gasteiger partial charge in [-0.2, -0.15) is 0 Å². The number of hydrogen-bond donors (Lipinski definition) is 0. The molecule has 0 spiro atoms. The smallest absolute Gasteiger partial charge is 0.229 e. The van der Waals surface area contributed by atoms with E-state index in [2.05, 4.69) is 0 Å². The molecule has 0 heterocycles. The van der Waals surface area contributed by atoms with E-state index in [1.807, 2.05) is 77.9 Å². The molecule has 162 valence electrons. The second-order valence-corrected chi connectivity index (χ2v) is 10.9. The van der Waals surface area contributed by atoms with Gasteiger partial charge < -0.3 is 4.57 Å². The fourth-order valence-electron chi connectivity index (χ4n) is 4.17. The molecule has 0 fully saturated rings. The third-order valence-electron chi connectivity index (χ3n) is 5.70. The van der Waals surface area contributed by atoms with Crippen LogP contribution in [0.1, 0.15) is 84.5 Å². The van der Waals surface area contributed by atoms with Gasteiger partial charge in [0.1, 0.15) is 0 Å². The molecule has 2 aromatic rings. The van der Waals surface area contributed by atoms with E-state index in [9.17, 15) is 14.2 Å². The van der Waals surface area contributed by atoms with Gasteiger partial charge in [-0.15, -0.1) is 0 Å². The van der Waals surface area contributed by atoms with Crippen molar-refractivity contribution in [3.8, 4) is 0 Å². The third kappa shape index (κ3) is 4.67. The minimum absolute atomic E-state index is 0.0264. The van der Waals surface area contributed by atoms with E-state index in [-0.39, 0.29) is 12.1 Å². The fraction of sp³-hybridized carbons (Fsp3) is 0.462. The minimum atomic E-state index is -3.84. The lowest BCUT2D eigenvalue weighted by atomic mass is 9.98. The molecule has 0 aliphatic heterocycles. The van der Waals surface area contributed by atoms with E-state index in [1.54, 1.807) is 0 Å². The summed E-state index contributed by atoms with van der Waals surface area (Å²) < 4.78 is 14.4. The molecule has 0 bridgehead atoms. The molecule has 0 aromatic heterocycles. The second-order valence-electron chi connectivity index (χ2n) is 8.24. The Balaban J connectivity index is 2.76. The topological polar surface area (TPSA) is 51.2 Å². The van der Waals surface area contributed by atoms with Crippen LogP contribution in [0.15, 0.2) is 36.4 Å². The summed E-state index contributed by atoms with van der Waals surface area (Å²) in [7, 11) is -3.84. The van der Waals surface area contributed by atoms with E-state index in [1.165, 1.54) is 0 Å². The highest BCUT2D eigenvalue weighted by Gasteiger charge is 2.43.